The molecule has 0 aliphatic heterocycles. The van der Waals surface area contributed by atoms with E-state index in [0.29, 0.717) is 11.1 Å². The molecule has 0 radical (unpaired) electrons. The molecular weight excluding hydrogens is 378 g/mol. The molecule has 2 aromatic rings. The third-order valence-electron chi connectivity index (χ3n) is 6.00. The zero-order valence-electron chi connectivity index (χ0n) is 16.2. The van der Waals surface area contributed by atoms with Gasteiger partial charge in [0.05, 0.1) is 10.6 Å². The van der Waals surface area contributed by atoms with Crippen molar-refractivity contribution in [1.82, 2.24) is 14.9 Å². The molecule has 27 heavy (non-hydrogen) atoms. The fourth-order valence-corrected chi connectivity index (χ4v) is 6.44. The van der Waals surface area contributed by atoms with E-state index in [2.05, 4.69) is 12.2 Å². The number of nitrogens with zero attached hydrogens (tertiary/aromatic N) is 2. The van der Waals surface area contributed by atoms with Crippen LogP contribution in [0.1, 0.15) is 56.4 Å². The van der Waals surface area contributed by atoms with E-state index in [4.69, 9.17) is 4.98 Å². The van der Waals surface area contributed by atoms with Crippen LogP contribution in [-0.2, 0) is 24.7 Å². The molecule has 1 amide bonds. The van der Waals surface area contributed by atoms with Crippen molar-refractivity contribution in [2.24, 2.45) is 13.0 Å². The lowest BCUT2D eigenvalue weighted by Gasteiger charge is -2.30. The molecule has 5 nitrogen and oxygen atoms in total. The molecule has 2 aliphatic rings. The molecule has 146 valence electrons. The second kappa shape index (κ2) is 7.59. The Morgan fingerprint density at radius 3 is 2.85 bits per heavy atom. The Bertz CT molecular complexity index is 933. The van der Waals surface area contributed by atoms with Crippen molar-refractivity contribution in [3.8, 4) is 0 Å². The van der Waals surface area contributed by atoms with Crippen LogP contribution >= 0.6 is 23.1 Å². The molecule has 7 heteroatoms. The van der Waals surface area contributed by atoms with Crippen LogP contribution < -0.4 is 10.9 Å². The summed E-state index contributed by atoms with van der Waals surface area (Å²) in [5, 5.41) is 4.37. The molecule has 0 unspecified atom stereocenters. The molecule has 2 aromatic heterocycles. The minimum absolute atomic E-state index is 0.0235. The molecule has 1 fully saturated rings. The lowest BCUT2D eigenvalue weighted by molar-refractivity contribution is -0.121. The molecule has 1 N–H and O–H groups in total. The highest BCUT2D eigenvalue weighted by Crippen LogP contribution is 2.36. The fraction of sp³-hybridized carbons (Fsp3) is 0.650. The Morgan fingerprint density at radius 2 is 2.07 bits per heavy atom. The number of nitrogens with one attached hydrogen (secondary N) is 1. The van der Waals surface area contributed by atoms with Crippen molar-refractivity contribution in [2.75, 3.05) is 0 Å². The standard InChI is InChI=1S/C20H27N3O2S2/c1-11-7-4-5-9-14(11)21-17(24)12(2)26-20-22-18-16(19(25)23(20)3)13-8-6-10-15(13)27-18/h11-12,14H,4-10H2,1-3H3,(H,21,24)/t11-,12+,14-/m0/s1. The van der Waals surface area contributed by atoms with E-state index in [1.165, 1.54) is 41.5 Å². The largest absolute Gasteiger partial charge is 0.352 e. The summed E-state index contributed by atoms with van der Waals surface area (Å²) in [5.41, 5.74) is 1.23. The van der Waals surface area contributed by atoms with Crippen molar-refractivity contribution in [3.05, 3.63) is 20.8 Å². The fourth-order valence-electron chi connectivity index (χ4n) is 4.25. The van der Waals surface area contributed by atoms with Crippen LogP contribution in [0, 0.1) is 5.92 Å². The molecule has 0 aromatic carbocycles. The van der Waals surface area contributed by atoms with Crippen LogP contribution in [0.15, 0.2) is 9.95 Å². The number of carbonyl (C=O) groups excluding carboxylic acids is 1. The monoisotopic (exact) mass is 405 g/mol. The van der Waals surface area contributed by atoms with Gasteiger partial charge >= 0.3 is 0 Å². The van der Waals surface area contributed by atoms with E-state index < -0.39 is 0 Å². The maximum absolute atomic E-state index is 12.9. The average Bonchev–Trinajstić information content (AvgIpc) is 3.22. The molecule has 0 saturated heterocycles. The number of thioether (sulfide) groups is 1. The number of hydrogen-bond acceptors (Lipinski definition) is 5. The molecule has 1 saturated carbocycles. The van der Waals surface area contributed by atoms with Gasteiger partial charge in [-0.15, -0.1) is 11.3 Å². The number of thiophene rings is 1. The highest BCUT2D eigenvalue weighted by Gasteiger charge is 2.27. The molecule has 2 aliphatic carbocycles. The van der Waals surface area contributed by atoms with E-state index in [-0.39, 0.29) is 22.8 Å². The third-order valence-corrected chi connectivity index (χ3v) is 8.33. The van der Waals surface area contributed by atoms with Crippen molar-refractivity contribution in [1.29, 1.82) is 0 Å². The summed E-state index contributed by atoms with van der Waals surface area (Å²) in [7, 11) is 1.77. The summed E-state index contributed by atoms with van der Waals surface area (Å²) >= 11 is 3.03. The number of hydrogen-bond donors (Lipinski definition) is 1. The van der Waals surface area contributed by atoms with E-state index in [0.717, 1.165) is 35.9 Å². The van der Waals surface area contributed by atoms with Crippen LogP contribution in [0.5, 0.6) is 0 Å². The normalized spacial score (nSPS) is 23.4. The highest BCUT2D eigenvalue weighted by atomic mass is 32.2. The number of fused-ring (bicyclic) bond motifs is 3. The second-order valence-electron chi connectivity index (χ2n) is 7.93. The van der Waals surface area contributed by atoms with Gasteiger partial charge in [-0.2, -0.15) is 0 Å². The van der Waals surface area contributed by atoms with E-state index in [1.54, 1.807) is 23.0 Å². The Kier molecular flexibility index (Phi) is 5.34. The first-order valence-electron chi connectivity index (χ1n) is 9.94. The van der Waals surface area contributed by atoms with Crippen LogP contribution in [-0.4, -0.2) is 26.8 Å². The topological polar surface area (TPSA) is 64.0 Å². The van der Waals surface area contributed by atoms with Crippen molar-refractivity contribution in [3.63, 3.8) is 0 Å². The second-order valence-corrected chi connectivity index (χ2v) is 10.3. The van der Waals surface area contributed by atoms with Gasteiger partial charge in [-0.3, -0.25) is 14.2 Å². The van der Waals surface area contributed by atoms with Crippen LogP contribution in [0.3, 0.4) is 0 Å². The van der Waals surface area contributed by atoms with Gasteiger partial charge in [0.25, 0.3) is 5.56 Å². The summed E-state index contributed by atoms with van der Waals surface area (Å²) < 4.78 is 1.62. The van der Waals surface area contributed by atoms with Gasteiger partial charge in [-0.05, 0) is 50.5 Å². The lowest BCUT2D eigenvalue weighted by atomic mass is 9.86. The minimum Gasteiger partial charge on any atom is -0.352 e. The summed E-state index contributed by atoms with van der Waals surface area (Å²) in [6.45, 7) is 4.12. The molecule has 3 atom stereocenters. The van der Waals surface area contributed by atoms with Gasteiger partial charge in [0.2, 0.25) is 5.91 Å². The first-order chi connectivity index (χ1) is 13.0. The summed E-state index contributed by atoms with van der Waals surface area (Å²) in [4.78, 5) is 32.5. The van der Waals surface area contributed by atoms with Crippen molar-refractivity contribution < 1.29 is 4.79 Å². The SMILES string of the molecule is C[C@@H](Sc1nc2sc3c(c2c(=O)n1C)CCC3)C(=O)N[C@H]1CCCC[C@@H]1C. The van der Waals surface area contributed by atoms with Crippen LogP contribution in [0.4, 0.5) is 0 Å². The number of rotatable bonds is 4. The number of aryl methyl sites for hydroxylation is 2. The first kappa shape index (κ1) is 19.0. The predicted molar refractivity (Wildman–Crippen MR) is 112 cm³/mol. The van der Waals surface area contributed by atoms with Gasteiger partial charge in [0, 0.05) is 18.0 Å². The van der Waals surface area contributed by atoms with Gasteiger partial charge in [0.15, 0.2) is 5.16 Å². The van der Waals surface area contributed by atoms with E-state index in [9.17, 15) is 9.59 Å². The summed E-state index contributed by atoms with van der Waals surface area (Å²) in [5.74, 6) is 0.578. The molecule has 0 spiro atoms. The van der Waals surface area contributed by atoms with Crippen LogP contribution in [0.25, 0.3) is 10.2 Å². The minimum atomic E-state index is -0.276. The average molecular weight is 406 g/mol. The third kappa shape index (κ3) is 3.56. The molecular formula is C20H27N3O2S2. The summed E-state index contributed by atoms with van der Waals surface area (Å²) in [6, 6.07) is 0.272. The highest BCUT2D eigenvalue weighted by molar-refractivity contribution is 8.00. The van der Waals surface area contributed by atoms with Crippen LogP contribution in [0.2, 0.25) is 0 Å². The van der Waals surface area contributed by atoms with E-state index >= 15 is 0 Å². The quantitative estimate of drug-likeness (QED) is 0.623. The Balaban J connectivity index is 1.53. The van der Waals surface area contributed by atoms with Crippen molar-refractivity contribution in [2.45, 2.75) is 75.2 Å². The lowest BCUT2D eigenvalue weighted by Crippen LogP contribution is -2.44. The zero-order chi connectivity index (χ0) is 19.1. The predicted octanol–water partition coefficient (Wildman–Crippen LogP) is 3.66. The molecule has 4 rings (SSSR count). The Morgan fingerprint density at radius 1 is 1.30 bits per heavy atom. The number of amides is 1. The maximum Gasteiger partial charge on any atom is 0.262 e. The maximum atomic E-state index is 12.9. The zero-order valence-corrected chi connectivity index (χ0v) is 17.8. The smallest absolute Gasteiger partial charge is 0.262 e. The molecule has 2 heterocycles. The van der Waals surface area contributed by atoms with E-state index in [1.807, 2.05) is 6.92 Å². The van der Waals surface area contributed by atoms with Crippen molar-refractivity contribution >= 4 is 39.2 Å². The summed E-state index contributed by atoms with van der Waals surface area (Å²) in [6.07, 6.45) is 7.86. The number of aromatic nitrogens is 2. The van der Waals surface area contributed by atoms with Gasteiger partial charge in [-0.1, -0.05) is 31.5 Å². The molecule has 0 bridgehead atoms. The van der Waals surface area contributed by atoms with Gasteiger partial charge in [0.1, 0.15) is 4.83 Å². The Hall–Kier alpha value is -1.34. The van der Waals surface area contributed by atoms with Gasteiger partial charge in [-0.25, -0.2) is 4.98 Å². The Labute approximate surface area is 167 Å². The van der Waals surface area contributed by atoms with Gasteiger partial charge < -0.3 is 5.32 Å². The first-order valence-corrected chi connectivity index (χ1v) is 11.6. The number of carbonyl (C=O) groups is 1.